The van der Waals surface area contributed by atoms with Crippen molar-refractivity contribution < 1.29 is 29.0 Å². The zero-order valence-corrected chi connectivity index (χ0v) is 18.0. The van der Waals surface area contributed by atoms with Crippen molar-refractivity contribution in [3.8, 4) is 11.1 Å². The summed E-state index contributed by atoms with van der Waals surface area (Å²) in [7, 11) is 0. The number of ether oxygens (including phenoxy) is 2. The van der Waals surface area contributed by atoms with E-state index in [9.17, 15) is 14.4 Å². The number of carbonyl (C=O) groups is 3. The molecule has 8 nitrogen and oxygen atoms in total. The second-order valence-electron chi connectivity index (χ2n) is 8.84. The highest BCUT2D eigenvalue weighted by atomic mass is 16.6. The third kappa shape index (κ3) is 4.30. The van der Waals surface area contributed by atoms with Crippen molar-refractivity contribution in [1.29, 1.82) is 0 Å². The van der Waals surface area contributed by atoms with E-state index in [4.69, 9.17) is 14.6 Å². The van der Waals surface area contributed by atoms with Crippen LogP contribution in [0.25, 0.3) is 11.1 Å². The number of aliphatic carboxylic acids is 1. The summed E-state index contributed by atoms with van der Waals surface area (Å²) >= 11 is 0. The SMILES string of the molecule is O=C(NC1CCOC1C(=O)NC[C@@H]1C[C@@H]1C(=O)O)OCC1c2ccccc2-c2ccccc21. The van der Waals surface area contributed by atoms with Gasteiger partial charge in [-0.3, -0.25) is 9.59 Å². The van der Waals surface area contributed by atoms with Gasteiger partial charge in [-0.2, -0.15) is 0 Å². The minimum absolute atomic E-state index is 0.0391. The Bertz CT molecular complexity index is 1040. The average molecular weight is 450 g/mol. The van der Waals surface area contributed by atoms with Gasteiger partial charge >= 0.3 is 12.1 Å². The van der Waals surface area contributed by atoms with Gasteiger partial charge in [-0.25, -0.2) is 4.79 Å². The molecule has 5 rings (SSSR count). The van der Waals surface area contributed by atoms with Gasteiger partial charge in [-0.05, 0) is 41.0 Å². The van der Waals surface area contributed by atoms with Gasteiger partial charge < -0.3 is 25.2 Å². The molecule has 1 heterocycles. The van der Waals surface area contributed by atoms with Gasteiger partial charge in [-0.15, -0.1) is 0 Å². The summed E-state index contributed by atoms with van der Waals surface area (Å²) in [5.41, 5.74) is 4.58. The summed E-state index contributed by atoms with van der Waals surface area (Å²) in [6.45, 7) is 0.851. The van der Waals surface area contributed by atoms with Crippen molar-refractivity contribution >= 4 is 18.0 Å². The molecule has 0 radical (unpaired) electrons. The van der Waals surface area contributed by atoms with Crippen LogP contribution in [-0.2, 0) is 19.1 Å². The number of carboxylic acid groups (broad SMARTS) is 1. The lowest BCUT2D eigenvalue weighted by molar-refractivity contribution is -0.139. The van der Waals surface area contributed by atoms with Crippen molar-refractivity contribution in [1.82, 2.24) is 10.6 Å². The van der Waals surface area contributed by atoms with Gasteiger partial charge in [0.25, 0.3) is 5.91 Å². The van der Waals surface area contributed by atoms with Gasteiger partial charge in [-0.1, -0.05) is 48.5 Å². The molecule has 2 aromatic rings. The standard InChI is InChI=1S/C25H26N2O6/c28-23(26-12-14-11-19(14)24(29)30)22-21(9-10-32-22)27-25(31)33-13-20-17-7-3-1-5-15(17)16-6-2-4-8-18(16)20/h1-8,14,19-22H,9-13H2,(H,26,28)(H,27,31)(H,29,30)/t14-,19-,21?,22?/m0/s1. The van der Waals surface area contributed by atoms with E-state index in [-0.39, 0.29) is 30.3 Å². The average Bonchev–Trinajstić information content (AvgIpc) is 3.35. The monoisotopic (exact) mass is 450 g/mol. The van der Waals surface area contributed by atoms with Gasteiger partial charge in [0.15, 0.2) is 6.10 Å². The zero-order chi connectivity index (χ0) is 22.9. The van der Waals surface area contributed by atoms with Crippen molar-refractivity contribution in [2.75, 3.05) is 19.8 Å². The summed E-state index contributed by atoms with van der Waals surface area (Å²) in [6, 6.07) is 15.7. The van der Waals surface area contributed by atoms with E-state index >= 15 is 0 Å². The molecule has 3 N–H and O–H groups in total. The van der Waals surface area contributed by atoms with Gasteiger partial charge in [0.2, 0.25) is 0 Å². The molecule has 2 amide bonds. The smallest absolute Gasteiger partial charge is 0.407 e. The lowest BCUT2D eigenvalue weighted by Gasteiger charge is -2.20. The molecule has 3 aliphatic rings. The van der Waals surface area contributed by atoms with Crippen LogP contribution in [0.4, 0.5) is 4.79 Å². The molecule has 0 bridgehead atoms. The van der Waals surface area contributed by atoms with E-state index < -0.39 is 24.2 Å². The van der Waals surface area contributed by atoms with Crippen LogP contribution in [0.5, 0.6) is 0 Å². The number of benzene rings is 2. The topological polar surface area (TPSA) is 114 Å². The number of hydrogen-bond donors (Lipinski definition) is 3. The summed E-state index contributed by atoms with van der Waals surface area (Å²) in [5, 5.41) is 14.5. The van der Waals surface area contributed by atoms with Crippen molar-refractivity contribution in [3.63, 3.8) is 0 Å². The molecular formula is C25H26N2O6. The second kappa shape index (κ2) is 8.86. The Morgan fingerprint density at radius 3 is 2.33 bits per heavy atom. The Balaban J connectivity index is 1.15. The lowest BCUT2D eigenvalue weighted by Crippen LogP contribution is -2.48. The first-order chi connectivity index (χ1) is 16.0. The van der Waals surface area contributed by atoms with E-state index in [2.05, 4.69) is 34.9 Å². The van der Waals surface area contributed by atoms with Crippen molar-refractivity contribution in [2.24, 2.45) is 11.8 Å². The molecular weight excluding hydrogens is 424 g/mol. The van der Waals surface area contributed by atoms with Gasteiger partial charge in [0, 0.05) is 19.1 Å². The maximum atomic E-state index is 12.6. The summed E-state index contributed by atoms with van der Waals surface area (Å²) in [4.78, 5) is 36.0. The Morgan fingerprint density at radius 2 is 1.70 bits per heavy atom. The summed E-state index contributed by atoms with van der Waals surface area (Å²) < 4.78 is 11.1. The summed E-state index contributed by atoms with van der Waals surface area (Å²) in [6.07, 6.45) is -0.322. The van der Waals surface area contributed by atoms with Crippen molar-refractivity contribution in [3.05, 3.63) is 59.7 Å². The fourth-order valence-electron chi connectivity index (χ4n) is 4.90. The summed E-state index contributed by atoms with van der Waals surface area (Å²) in [5.74, 6) is -1.64. The molecule has 2 aliphatic carbocycles. The highest BCUT2D eigenvalue weighted by Gasteiger charge is 2.44. The molecule has 1 saturated carbocycles. The normalized spacial score (nSPS) is 25.1. The van der Waals surface area contributed by atoms with Crippen LogP contribution in [0.2, 0.25) is 0 Å². The van der Waals surface area contributed by atoms with Crippen LogP contribution in [0, 0.1) is 11.8 Å². The number of carbonyl (C=O) groups excluding carboxylic acids is 2. The fraction of sp³-hybridized carbons (Fsp3) is 0.400. The number of alkyl carbamates (subject to hydrolysis) is 1. The number of rotatable bonds is 7. The minimum atomic E-state index is -0.832. The minimum Gasteiger partial charge on any atom is -0.481 e. The Labute approximate surface area is 191 Å². The highest BCUT2D eigenvalue weighted by Crippen LogP contribution is 2.44. The quantitative estimate of drug-likeness (QED) is 0.597. The molecule has 172 valence electrons. The maximum Gasteiger partial charge on any atom is 0.407 e. The lowest BCUT2D eigenvalue weighted by atomic mass is 9.98. The first-order valence-corrected chi connectivity index (χ1v) is 11.3. The fourth-order valence-corrected chi connectivity index (χ4v) is 4.90. The molecule has 1 aliphatic heterocycles. The number of nitrogens with one attached hydrogen (secondary N) is 2. The Morgan fingerprint density at radius 1 is 1.03 bits per heavy atom. The number of fused-ring (bicyclic) bond motifs is 3. The third-order valence-corrected chi connectivity index (χ3v) is 6.78. The van der Waals surface area contributed by atoms with Gasteiger partial charge in [0.05, 0.1) is 12.0 Å². The van der Waals surface area contributed by atoms with Crippen LogP contribution in [0.15, 0.2) is 48.5 Å². The molecule has 4 atom stereocenters. The first kappa shape index (κ1) is 21.5. The van der Waals surface area contributed by atoms with Crippen molar-refractivity contribution in [2.45, 2.75) is 30.9 Å². The largest absolute Gasteiger partial charge is 0.481 e. The molecule has 33 heavy (non-hydrogen) atoms. The van der Waals surface area contributed by atoms with E-state index in [1.54, 1.807) is 0 Å². The molecule has 8 heteroatoms. The molecule has 0 spiro atoms. The van der Waals surface area contributed by atoms with Crippen LogP contribution in [-0.4, -0.2) is 55.0 Å². The predicted octanol–water partition coefficient (Wildman–Crippen LogP) is 2.52. The van der Waals surface area contributed by atoms with Crippen LogP contribution >= 0.6 is 0 Å². The second-order valence-corrected chi connectivity index (χ2v) is 8.84. The molecule has 1 saturated heterocycles. The number of carboxylic acids is 1. The Hall–Kier alpha value is -3.39. The van der Waals surface area contributed by atoms with E-state index in [1.165, 1.54) is 0 Å². The molecule has 2 aromatic carbocycles. The van der Waals surface area contributed by atoms with Crippen LogP contribution in [0.1, 0.15) is 29.9 Å². The molecule has 2 unspecified atom stereocenters. The first-order valence-electron chi connectivity index (χ1n) is 11.3. The maximum absolute atomic E-state index is 12.6. The highest BCUT2D eigenvalue weighted by molar-refractivity contribution is 5.83. The Kier molecular flexibility index (Phi) is 5.76. The van der Waals surface area contributed by atoms with Crippen LogP contribution in [0.3, 0.4) is 0 Å². The van der Waals surface area contributed by atoms with Crippen LogP contribution < -0.4 is 10.6 Å². The molecule has 2 fully saturated rings. The van der Waals surface area contributed by atoms with E-state index in [0.29, 0.717) is 26.0 Å². The predicted molar refractivity (Wildman–Crippen MR) is 119 cm³/mol. The van der Waals surface area contributed by atoms with E-state index in [1.807, 2.05) is 24.3 Å². The van der Waals surface area contributed by atoms with Gasteiger partial charge in [0.1, 0.15) is 6.61 Å². The van der Waals surface area contributed by atoms with E-state index in [0.717, 1.165) is 22.3 Å². The third-order valence-electron chi connectivity index (χ3n) is 6.78. The number of amides is 2. The zero-order valence-electron chi connectivity index (χ0n) is 18.0. The molecule has 0 aromatic heterocycles. The number of hydrogen-bond acceptors (Lipinski definition) is 5.